The fourth-order valence-electron chi connectivity index (χ4n) is 4.30. The van der Waals surface area contributed by atoms with Gasteiger partial charge in [0.25, 0.3) is 0 Å². The highest BCUT2D eigenvalue weighted by molar-refractivity contribution is 7.92. The third-order valence-electron chi connectivity index (χ3n) is 5.83. The Labute approximate surface area is 155 Å². The van der Waals surface area contributed by atoms with Crippen LogP contribution in [0.25, 0.3) is 5.69 Å². The lowest BCUT2D eigenvalue weighted by atomic mass is 10.1. The fourth-order valence-corrected chi connectivity index (χ4v) is 5.70. The summed E-state index contributed by atoms with van der Waals surface area (Å²) in [5.41, 5.74) is 5.08. The van der Waals surface area contributed by atoms with Crippen molar-refractivity contribution in [3.8, 4) is 5.69 Å². The van der Waals surface area contributed by atoms with Gasteiger partial charge in [-0.25, -0.2) is 13.1 Å². The minimum Gasteiger partial charge on any atom is -0.297 e. The van der Waals surface area contributed by atoms with Gasteiger partial charge in [-0.3, -0.25) is 4.90 Å². The van der Waals surface area contributed by atoms with Gasteiger partial charge in [-0.1, -0.05) is 25.1 Å². The minimum atomic E-state index is -2.91. The second-order valence-electron chi connectivity index (χ2n) is 7.40. The highest BCUT2D eigenvalue weighted by atomic mass is 32.2. The van der Waals surface area contributed by atoms with Gasteiger partial charge in [-0.15, -0.1) is 0 Å². The highest BCUT2D eigenvalue weighted by Gasteiger charge is 2.30. The Morgan fingerprint density at radius 3 is 2.54 bits per heavy atom. The predicted molar refractivity (Wildman–Crippen MR) is 103 cm³/mol. The van der Waals surface area contributed by atoms with Crippen LogP contribution in [0.5, 0.6) is 0 Å². The second kappa shape index (κ2) is 7.16. The Hall–Kier alpha value is -1.66. The van der Waals surface area contributed by atoms with Gasteiger partial charge in [0.15, 0.2) is 9.84 Å². The van der Waals surface area contributed by atoms with E-state index in [2.05, 4.69) is 33.8 Å². The van der Waals surface area contributed by atoms with Crippen LogP contribution in [-0.4, -0.2) is 47.2 Å². The Kier molecular flexibility index (Phi) is 4.88. The summed E-state index contributed by atoms with van der Waals surface area (Å²) in [5.74, 6) is 0.257. The van der Waals surface area contributed by atoms with Crippen molar-refractivity contribution in [2.24, 2.45) is 0 Å². The summed E-state index contributed by atoms with van der Waals surface area (Å²) in [6, 6.07) is 10.4. The molecule has 0 amide bonds. The molecule has 2 aromatic rings. The van der Waals surface area contributed by atoms with Crippen LogP contribution in [0.1, 0.15) is 43.1 Å². The lowest BCUT2D eigenvalue weighted by molar-refractivity contribution is 0.219. The molecule has 1 saturated heterocycles. The van der Waals surface area contributed by atoms with E-state index in [1.54, 1.807) is 6.92 Å². The maximum absolute atomic E-state index is 12.1. The van der Waals surface area contributed by atoms with Crippen LogP contribution in [0, 0.1) is 0 Å². The van der Waals surface area contributed by atoms with E-state index in [0.29, 0.717) is 0 Å². The number of likely N-dealkylation sites (tertiary alicyclic amines) is 1. The van der Waals surface area contributed by atoms with Crippen molar-refractivity contribution in [3.05, 3.63) is 47.3 Å². The van der Waals surface area contributed by atoms with E-state index in [1.165, 1.54) is 23.4 Å². The van der Waals surface area contributed by atoms with Gasteiger partial charge >= 0.3 is 0 Å². The number of sulfone groups is 1. The topological polar surface area (TPSA) is 55.2 Å². The molecule has 26 heavy (non-hydrogen) atoms. The third-order valence-corrected chi connectivity index (χ3v) is 8.12. The molecule has 0 N–H and O–H groups in total. The van der Waals surface area contributed by atoms with E-state index in [1.807, 2.05) is 6.07 Å². The Balaban J connectivity index is 1.50. The summed E-state index contributed by atoms with van der Waals surface area (Å²) in [6.07, 6.45) is 4.89. The lowest BCUT2D eigenvalue weighted by Gasteiger charge is -2.31. The number of piperidine rings is 1. The van der Waals surface area contributed by atoms with Gasteiger partial charge in [0, 0.05) is 18.0 Å². The monoisotopic (exact) mass is 373 g/mol. The number of nitrogens with zero attached hydrogens (tertiary/aromatic N) is 3. The number of benzene rings is 1. The van der Waals surface area contributed by atoms with Gasteiger partial charge in [0.2, 0.25) is 0 Å². The first-order valence-electron chi connectivity index (χ1n) is 9.67. The van der Waals surface area contributed by atoms with Crippen LogP contribution in [0.15, 0.2) is 30.3 Å². The maximum atomic E-state index is 12.1. The number of rotatable bonds is 5. The molecule has 4 rings (SSSR count). The molecule has 6 heteroatoms. The standard InChI is InChI=1S/C20H27N3O2S/c1-2-26(24,25)17-11-13-22(14-12-17)15-19-18-9-6-10-20(18)23(21-19)16-7-4-3-5-8-16/h3-5,7-8,17H,2,6,9-15H2,1H3. The molecule has 1 aliphatic carbocycles. The van der Waals surface area contributed by atoms with Crippen LogP contribution in [0.4, 0.5) is 0 Å². The SMILES string of the molecule is CCS(=O)(=O)C1CCN(Cc2nn(-c3ccccc3)c3c2CCC3)CC1. The number of aromatic nitrogens is 2. The summed E-state index contributed by atoms with van der Waals surface area (Å²) in [4.78, 5) is 2.37. The molecule has 1 aromatic heterocycles. The third kappa shape index (κ3) is 3.32. The summed E-state index contributed by atoms with van der Waals surface area (Å²) in [7, 11) is -2.91. The molecule has 5 nitrogen and oxygen atoms in total. The molecule has 0 saturated carbocycles. The molecule has 0 atom stereocenters. The predicted octanol–water partition coefficient (Wildman–Crippen LogP) is 2.76. The summed E-state index contributed by atoms with van der Waals surface area (Å²) in [5, 5.41) is 4.78. The summed E-state index contributed by atoms with van der Waals surface area (Å²) >= 11 is 0. The number of hydrogen-bond acceptors (Lipinski definition) is 4. The van der Waals surface area contributed by atoms with E-state index >= 15 is 0 Å². The first-order chi connectivity index (χ1) is 12.6. The molecule has 1 fully saturated rings. The van der Waals surface area contributed by atoms with Gasteiger partial charge < -0.3 is 0 Å². The summed E-state index contributed by atoms with van der Waals surface area (Å²) in [6.45, 7) is 4.27. The van der Waals surface area contributed by atoms with Crippen LogP contribution in [0.2, 0.25) is 0 Å². The molecule has 1 aromatic carbocycles. The second-order valence-corrected chi connectivity index (χ2v) is 9.97. The highest BCUT2D eigenvalue weighted by Crippen LogP contribution is 2.29. The Morgan fingerprint density at radius 2 is 1.85 bits per heavy atom. The van der Waals surface area contributed by atoms with Crippen LogP contribution < -0.4 is 0 Å². The zero-order chi connectivity index (χ0) is 18.1. The van der Waals surface area contributed by atoms with Gasteiger partial charge in [-0.05, 0) is 62.9 Å². The molecular formula is C20H27N3O2S. The van der Waals surface area contributed by atoms with Crippen molar-refractivity contribution in [1.82, 2.24) is 14.7 Å². The Bertz CT molecular complexity index is 866. The molecule has 0 spiro atoms. The smallest absolute Gasteiger partial charge is 0.152 e. The van der Waals surface area contributed by atoms with E-state index < -0.39 is 9.84 Å². The van der Waals surface area contributed by atoms with Crippen molar-refractivity contribution in [2.45, 2.75) is 50.8 Å². The first kappa shape index (κ1) is 17.7. The van der Waals surface area contributed by atoms with E-state index in [9.17, 15) is 8.42 Å². The average molecular weight is 374 g/mol. The minimum absolute atomic E-state index is 0.156. The summed E-state index contributed by atoms with van der Waals surface area (Å²) < 4.78 is 26.3. The van der Waals surface area contributed by atoms with Crippen molar-refractivity contribution >= 4 is 9.84 Å². The molecule has 2 heterocycles. The lowest BCUT2D eigenvalue weighted by Crippen LogP contribution is -2.39. The molecule has 2 aliphatic rings. The van der Waals surface area contributed by atoms with Crippen LogP contribution in [0.3, 0.4) is 0 Å². The quantitative estimate of drug-likeness (QED) is 0.809. The van der Waals surface area contributed by atoms with Gasteiger partial charge in [0.1, 0.15) is 0 Å². The molecule has 0 bridgehead atoms. The molecule has 0 unspecified atom stereocenters. The Morgan fingerprint density at radius 1 is 1.12 bits per heavy atom. The van der Waals surface area contributed by atoms with Crippen molar-refractivity contribution in [2.75, 3.05) is 18.8 Å². The van der Waals surface area contributed by atoms with Crippen molar-refractivity contribution in [1.29, 1.82) is 0 Å². The molecule has 1 aliphatic heterocycles. The van der Waals surface area contributed by atoms with E-state index in [4.69, 9.17) is 5.10 Å². The number of para-hydroxylation sites is 1. The van der Waals surface area contributed by atoms with Crippen molar-refractivity contribution in [3.63, 3.8) is 0 Å². The zero-order valence-corrected chi connectivity index (χ0v) is 16.2. The van der Waals surface area contributed by atoms with Crippen LogP contribution in [-0.2, 0) is 29.2 Å². The van der Waals surface area contributed by atoms with Crippen LogP contribution >= 0.6 is 0 Å². The fraction of sp³-hybridized carbons (Fsp3) is 0.550. The van der Waals surface area contributed by atoms with Gasteiger partial charge in [-0.2, -0.15) is 5.10 Å². The normalized spacial score (nSPS) is 19.0. The van der Waals surface area contributed by atoms with Gasteiger partial charge in [0.05, 0.1) is 16.6 Å². The largest absolute Gasteiger partial charge is 0.297 e. The van der Waals surface area contributed by atoms with Crippen molar-refractivity contribution < 1.29 is 8.42 Å². The molecule has 140 valence electrons. The number of hydrogen-bond donors (Lipinski definition) is 0. The first-order valence-corrected chi connectivity index (χ1v) is 11.4. The number of fused-ring (bicyclic) bond motifs is 1. The molecular weight excluding hydrogens is 346 g/mol. The van der Waals surface area contributed by atoms with E-state index in [-0.39, 0.29) is 11.0 Å². The average Bonchev–Trinajstić information content (AvgIpc) is 3.27. The maximum Gasteiger partial charge on any atom is 0.152 e. The molecule has 0 radical (unpaired) electrons. The zero-order valence-electron chi connectivity index (χ0n) is 15.4. The van der Waals surface area contributed by atoms with E-state index in [0.717, 1.165) is 51.0 Å².